The van der Waals surface area contributed by atoms with Gasteiger partial charge >= 0.3 is 0 Å². The van der Waals surface area contributed by atoms with E-state index < -0.39 is 5.82 Å². The van der Waals surface area contributed by atoms with Crippen LogP contribution in [0.4, 0.5) is 15.9 Å². The van der Waals surface area contributed by atoms with Gasteiger partial charge in [0.15, 0.2) is 5.82 Å². The number of tetrazole rings is 1. The van der Waals surface area contributed by atoms with E-state index in [0.717, 1.165) is 11.1 Å². The lowest BCUT2D eigenvalue weighted by Crippen LogP contribution is -2.06. The van der Waals surface area contributed by atoms with Crippen molar-refractivity contribution in [2.75, 3.05) is 18.2 Å². The monoisotopic (exact) mass is 419 g/mol. The first-order chi connectivity index (χ1) is 15.0. The summed E-state index contributed by atoms with van der Waals surface area (Å²) >= 11 is 0. The molecule has 0 unspecified atom stereocenters. The number of carbonyl (C=O) groups is 1. The number of pyridine rings is 1. The minimum Gasteiger partial charge on any atom is -0.494 e. The summed E-state index contributed by atoms with van der Waals surface area (Å²) < 4.78 is 20.6. The molecule has 10 heteroatoms. The number of amides is 1. The molecule has 9 nitrogen and oxygen atoms in total. The molecule has 0 spiro atoms. The molecule has 1 amide bonds. The third-order valence-electron chi connectivity index (χ3n) is 4.51. The van der Waals surface area contributed by atoms with Gasteiger partial charge in [-0.3, -0.25) is 4.79 Å². The number of hydrogen-bond acceptors (Lipinski definition) is 7. The van der Waals surface area contributed by atoms with Crippen molar-refractivity contribution in [2.24, 2.45) is 0 Å². The first-order valence-electron chi connectivity index (χ1n) is 9.22. The van der Waals surface area contributed by atoms with Crippen LogP contribution in [0.25, 0.3) is 28.2 Å². The highest BCUT2D eigenvalue weighted by atomic mass is 19.1. The van der Waals surface area contributed by atoms with E-state index in [4.69, 9.17) is 10.5 Å². The summed E-state index contributed by atoms with van der Waals surface area (Å²) in [5.74, 6) is 0.228. The third kappa shape index (κ3) is 4.04. The molecule has 0 radical (unpaired) electrons. The van der Waals surface area contributed by atoms with Crippen molar-refractivity contribution >= 4 is 17.4 Å². The normalized spacial score (nSPS) is 10.7. The number of carbonyl (C=O) groups excluding carboxylic acids is 1. The van der Waals surface area contributed by atoms with Crippen molar-refractivity contribution in [3.63, 3.8) is 0 Å². The van der Waals surface area contributed by atoms with Crippen molar-refractivity contribution in [3.8, 4) is 34.0 Å². The summed E-state index contributed by atoms with van der Waals surface area (Å²) in [4.78, 5) is 15.6. The summed E-state index contributed by atoms with van der Waals surface area (Å²) in [5, 5.41) is 14.5. The molecular weight excluding hydrogens is 401 g/mol. The molecule has 0 saturated carbocycles. The van der Waals surface area contributed by atoms with Crippen LogP contribution in [0.1, 0.15) is 6.92 Å². The topological polar surface area (TPSA) is 121 Å². The molecule has 31 heavy (non-hydrogen) atoms. The van der Waals surface area contributed by atoms with Crippen LogP contribution in [-0.2, 0) is 4.79 Å². The number of nitrogens with one attached hydrogen (secondary N) is 1. The number of ether oxygens (including phenoxy) is 1. The molecule has 3 N–H and O–H groups in total. The number of methoxy groups -OCH3 is 1. The Morgan fingerprint density at radius 3 is 2.77 bits per heavy atom. The minimum atomic E-state index is -0.466. The van der Waals surface area contributed by atoms with Crippen LogP contribution >= 0.6 is 0 Å². The molecule has 0 atom stereocenters. The lowest BCUT2D eigenvalue weighted by molar-refractivity contribution is -0.114. The highest BCUT2D eigenvalue weighted by molar-refractivity contribution is 5.89. The van der Waals surface area contributed by atoms with E-state index >= 15 is 0 Å². The van der Waals surface area contributed by atoms with E-state index in [2.05, 4.69) is 25.8 Å². The number of benzene rings is 2. The van der Waals surface area contributed by atoms with Gasteiger partial charge in [0.1, 0.15) is 23.1 Å². The molecule has 0 bridgehead atoms. The largest absolute Gasteiger partial charge is 0.494 e. The minimum absolute atomic E-state index is 0.170. The van der Waals surface area contributed by atoms with Crippen LogP contribution in [0.5, 0.6) is 5.75 Å². The highest BCUT2D eigenvalue weighted by Gasteiger charge is 2.19. The van der Waals surface area contributed by atoms with Gasteiger partial charge in [-0.15, -0.1) is 5.10 Å². The fraction of sp³-hybridized carbons (Fsp3) is 0.0952. The SMILES string of the molecule is COc1ccc(F)cc1-n1nnnc1-c1cc(-c2cccc(NC(C)=O)c2)cnc1N. The second-order valence-electron chi connectivity index (χ2n) is 6.65. The Bertz CT molecular complexity index is 1270. The second-order valence-corrected chi connectivity index (χ2v) is 6.65. The number of hydrogen-bond donors (Lipinski definition) is 2. The number of rotatable bonds is 5. The Morgan fingerprint density at radius 2 is 2.00 bits per heavy atom. The van der Waals surface area contributed by atoms with Gasteiger partial charge in [0, 0.05) is 30.4 Å². The molecule has 0 aliphatic heterocycles. The summed E-state index contributed by atoms with van der Waals surface area (Å²) in [6.45, 7) is 1.44. The van der Waals surface area contributed by atoms with Crippen LogP contribution in [0.15, 0.2) is 54.7 Å². The predicted octanol–water partition coefficient (Wildman–Crippen LogP) is 3.08. The number of anilines is 2. The second kappa shape index (κ2) is 8.19. The molecule has 0 aliphatic rings. The van der Waals surface area contributed by atoms with Gasteiger partial charge in [-0.05, 0) is 46.3 Å². The first-order valence-corrected chi connectivity index (χ1v) is 9.22. The van der Waals surface area contributed by atoms with E-state index in [1.54, 1.807) is 18.3 Å². The van der Waals surface area contributed by atoms with Crippen LogP contribution in [0.3, 0.4) is 0 Å². The Balaban J connectivity index is 1.81. The average molecular weight is 419 g/mol. The van der Waals surface area contributed by atoms with Crippen molar-refractivity contribution in [1.29, 1.82) is 0 Å². The maximum absolute atomic E-state index is 13.9. The van der Waals surface area contributed by atoms with Crippen molar-refractivity contribution in [1.82, 2.24) is 25.2 Å². The van der Waals surface area contributed by atoms with Gasteiger partial charge in [0.2, 0.25) is 5.91 Å². The van der Waals surface area contributed by atoms with Gasteiger partial charge in [-0.1, -0.05) is 12.1 Å². The molecule has 156 valence electrons. The van der Waals surface area contributed by atoms with Gasteiger partial charge in [-0.2, -0.15) is 4.68 Å². The zero-order valence-electron chi connectivity index (χ0n) is 16.7. The molecule has 0 aliphatic carbocycles. The molecule has 4 aromatic rings. The molecule has 0 saturated heterocycles. The first kappa shape index (κ1) is 20.0. The predicted molar refractivity (Wildman–Crippen MR) is 113 cm³/mol. The van der Waals surface area contributed by atoms with E-state index in [1.165, 1.54) is 36.9 Å². The highest BCUT2D eigenvalue weighted by Crippen LogP contribution is 2.32. The molecular formula is C21H18FN7O2. The molecule has 4 rings (SSSR count). The number of nitrogen functional groups attached to an aromatic ring is 1. The fourth-order valence-electron chi connectivity index (χ4n) is 3.14. The van der Waals surface area contributed by atoms with Crippen LogP contribution in [-0.4, -0.2) is 38.2 Å². The third-order valence-corrected chi connectivity index (χ3v) is 4.51. The van der Waals surface area contributed by atoms with E-state index in [-0.39, 0.29) is 17.5 Å². The van der Waals surface area contributed by atoms with E-state index in [9.17, 15) is 9.18 Å². The summed E-state index contributed by atoms with van der Waals surface area (Å²) in [7, 11) is 1.47. The summed E-state index contributed by atoms with van der Waals surface area (Å²) in [6.07, 6.45) is 1.61. The Kier molecular flexibility index (Phi) is 5.27. The maximum Gasteiger partial charge on any atom is 0.221 e. The zero-order chi connectivity index (χ0) is 22.0. The Hall–Kier alpha value is -4.34. The van der Waals surface area contributed by atoms with Gasteiger partial charge < -0.3 is 15.8 Å². The molecule has 2 heterocycles. The summed E-state index contributed by atoms with van der Waals surface area (Å²) in [6, 6.07) is 13.1. The quantitative estimate of drug-likeness (QED) is 0.510. The molecule has 2 aromatic heterocycles. The fourth-order valence-corrected chi connectivity index (χ4v) is 3.14. The molecule has 2 aromatic carbocycles. The van der Waals surface area contributed by atoms with Gasteiger partial charge in [-0.25, -0.2) is 9.37 Å². The number of nitrogens with two attached hydrogens (primary N) is 1. The lowest BCUT2D eigenvalue weighted by atomic mass is 10.0. The summed E-state index contributed by atoms with van der Waals surface area (Å²) in [5.41, 5.74) is 9.09. The average Bonchev–Trinajstić information content (AvgIpc) is 3.23. The van der Waals surface area contributed by atoms with Gasteiger partial charge in [0.05, 0.1) is 12.7 Å². The van der Waals surface area contributed by atoms with E-state index in [1.807, 2.05) is 18.2 Å². The van der Waals surface area contributed by atoms with Crippen LogP contribution in [0.2, 0.25) is 0 Å². The van der Waals surface area contributed by atoms with Crippen LogP contribution in [0, 0.1) is 5.82 Å². The zero-order valence-corrected chi connectivity index (χ0v) is 16.7. The Morgan fingerprint density at radius 1 is 1.16 bits per heavy atom. The van der Waals surface area contributed by atoms with Crippen molar-refractivity contribution in [3.05, 3.63) is 60.5 Å². The number of nitrogens with zero attached hydrogens (tertiary/aromatic N) is 5. The molecule has 0 fully saturated rings. The van der Waals surface area contributed by atoms with E-state index in [0.29, 0.717) is 22.7 Å². The number of halogens is 1. The van der Waals surface area contributed by atoms with Crippen molar-refractivity contribution < 1.29 is 13.9 Å². The maximum atomic E-state index is 13.9. The number of aromatic nitrogens is 5. The van der Waals surface area contributed by atoms with Crippen LogP contribution < -0.4 is 15.8 Å². The lowest BCUT2D eigenvalue weighted by Gasteiger charge is -2.12. The van der Waals surface area contributed by atoms with Crippen molar-refractivity contribution in [2.45, 2.75) is 6.92 Å². The Labute approximate surface area is 176 Å². The smallest absolute Gasteiger partial charge is 0.221 e. The van der Waals surface area contributed by atoms with Gasteiger partial charge in [0.25, 0.3) is 0 Å². The standard InChI is InChI=1S/C21H18FN7O2/c1-12(30)25-16-5-3-4-13(8-16)14-9-17(20(23)24-11-14)21-26-27-28-29(21)18-10-15(22)6-7-19(18)31-2/h3-11H,1-2H3,(H2,23,24)(H,25,30).